The van der Waals surface area contributed by atoms with Gasteiger partial charge >= 0.3 is 0 Å². The molecule has 0 aliphatic heterocycles. The topological polar surface area (TPSA) is 22.0 Å². The van der Waals surface area contributed by atoms with Crippen molar-refractivity contribution in [3.05, 3.63) is 69.9 Å². The Hall–Kier alpha value is -2.34. The highest BCUT2D eigenvalue weighted by atomic mass is 19.1. The van der Waals surface area contributed by atoms with E-state index in [1.165, 1.54) is 12.1 Å². The third-order valence-corrected chi connectivity index (χ3v) is 2.71. The number of hydrogen-bond acceptors (Lipinski definition) is 1. The van der Waals surface area contributed by atoms with Crippen LogP contribution < -0.4 is 5.56 Å². The van der Waals surface area contributed by atoms with Crippen LogP contribution >= 0.6 is 0 Å². The van der Waals surface area contributed by atoms with Gasteiger partial charge < -0.3 is 4.57 Å². The number of aromatic nitrogens is 1. The van der Waals surface area contributed by atoms with E-state index in [0.29, 0.717) is 11.1 Å². The normalized spacial score (nSPS) is 10.1. The summed E-state index contributed by atoms with van der Waals surface area (Å²) in [6, 6.07) is 9.56. The van der Waals surface area contributed by atoms with Crippen LogP contribution in [0.2, 0.25) is 0 Å². The molecular formula is C16H14FNO. The maximum Gasteiger partial charge on any atom is 0.250 e. The Morgan fingerprint density at radius 1 is 1.11 bits per heavy atom. The number of benzene rings is 1. The zero-order valence-electron chi connectivity index (χ0n) is 10.9. The van der Waals surface area contributed by atoms with Crippen LogP contribution in [-0.4, -0.2) is 4.57 Å². The Morgan fingerprint density at radius 2 is 1.84 bits per heavy atom. The molecule has 3 heteroatoms. The lowest BCUT2D eigenvalue weighted by atomic mass is 10.2. The highest BCUT2D eigenvalue weighted by Gasteiger charge is 2.01. The first-order valence-corrected chi connectivity index (χ1v) is 6.06. The summed E-state index contributed by atoms with van der Waals surface area (Å²) in [4.78, 5) is 11.6. The summed E-state index contributed by atoms with van der Waals surface area (Å²) in [6.45, 7) is 3.85. The van der Waals surface area contributed by atoms with E-state index in [-0.39, 0.29) is 17.4 Å². The van der Waals surface area contributed by atoms with Crippen molar-refractivity contribution in [3.8, 4) is 11.8 Å². The summed E-state index contributed by atoms with van der Waals surface area (Å²) >= 11 is 0. The first-order chi connectivity index (χ1) is 9.08. The van der Waals surface area contributed by atoms with E-state index in [2.05, 4.69) is 11.8 Å². The van der Waals surface area contributed by atoms with Gasteiger partial charge in [-0.1, -0.05) is 24.0 Å². The highest BCUT2D eigenvalue weighted by Crippen LogP contribution is 2.05. The predicted molar refractivity (Wildman–Crippen MR) is 73.5 cm³/mol. The smallest absolute Gasteiger partial charge is 0.250 e. The van der Waals surface area contributed by atoms with Gasteiger partial charge in [-0.05, 0) is 32.0 Å². The van der Waals surface area contributed by atoms with Crippen LogP contribution in [0.25, 0.3) is 0 Å². The minimum atomic E-state index is -0.341. The maximum absolute atomic E-state index is 13.4. The molecule has 0 aliphatic rings. The van der Waals surface area contributed by atoms with Gasteiger partial charge in [0.15, 0.2) is 0 Å². The zero-order chi connectivity index (χ0) is 13.8. The van der Waals surface area contributed by atoms with Crippen molar-refractivity contribution in [2.24, 2.45) is 0 Å². The molecule has 19 heavy (non-hydrogen) atoms. The van der Waals surface area contributed by atoms with Crippen LogP contribution in [-0.2, 0) is 0 Å². The molecule has 0 fully saturated rings. The third-order valence-electron chi connectivity index (χ3n) is 2.71. The van der Waals surface area contributed by atoms with E-state index in [0.717, 1.165) is 0 Å². The van der Waals surface area contributed by atoms with E-state index in [1.54, 1.807) is 35.0 Å². The van der Waals surface area contributed by atoms with Gasteiger partial charge in [0, 0.05) is 23.9 Å². The largest absolute Gasteiger partial charge is 0.312 e. The summed E-state index contributed by atoms with van der Waals surface area (Å²) in [5.41, 5.74) is 0.979. The molecule has 0 saturated heterocycles. The lowest BCUT2D eigenvalue weighted by Gasteiger charge is -2.08. The second kappa shape index (κ2) is 5.53. The van der Waals surface area contributed by atoms with E-state index in [1.807, 2.05) is 13.8 Å². The molecular weight excluding hydrogens is 241 g/mol. The van der Waals surface area contributed by atoms with Crippen molar-refractivity contribution in [3.63, 3.8) is 0 Å². The molecule has 1 aromatic heterocycles. The molecule has 0 saturated carbocycles. The van der Waals surface area contributed by atoms with Crippen LogP contribution in [0, 0.1) is 17.7 Å². The van der Waals surface area contributed by atoms with Gasteiger partial charge in [-0.15, -0.1) is 0 Å². The van der Waals surface area contributed by atoms with Gasteiger partial charge in [-0.3, -0.25) is 4.79 Å². The molecule has 0 atom stereocenters. The standard InChI is InChI=1S/C16H14FNO/c1-12(2)18-11-13(8-10-16(18)19)7-9-14-5-3-4-6-15(14)17/h3-6,8,10-12H,1-2H3. The summed E-state index contributed by atoms with van der Waals surface area (Å²) < 4.78 is 15.0. The van der Waals surface area contributed by atoms with Crippen molar-refractivity contribution in [1.82, 2.24) is 4.57 Å². The average molecular weight is 255 g/mol. The molecule has 0 N–H and O–H groups in total. The summed E-state index contributed by atoms with van der Waals surface area (Å²) in [6.07, 6.45) is 1.70. The average Bonchev–Trinajstić information content (AvgIpc) is 2.39. The number of rotatable bonds is 1. The van der Waals surface area contributed by atoms with Crippen LogP contribution in [0.4, 0.5) is 4.39 Å². The lowest BCUT2D eigenvalue weighted by molar-refractivity contribution is 0.577. The van der Waals surface area contributed by atoms with E-state index >= 15 is 0 Å². The second-order valence-electron chi connectivity index (χ2n) is 4.49. The van der Waals surface area contributed by atoms with Crippen molar-refractivity contribution in [2.75, 3.05) is 0 Å². The van der Waals surface area contributed by atoms with Gasteiger partial charge in [0.2, 0.25) is 0 Å². The Kier molecular flexibility index (Phi) is 3.82. The Bertz CT molecular complexity index is 704. The minimum absolute atomic E-state index is 0.0635. The minimum Gasteiger partial charge on any atom is -0.312 e. The molecule has 0 bridgehead atoms. The quantitative estimate of drug-likeness (QED) is 0.718. The van der Waals surface area contributed by atoms with Crippen LogP contribution in [0.5, 0.6) is 0 Å². The Labute approximate surface area is 111 Å². The molecule has 0 radical (unpaired) electrons. The SMILES string of the molecule is CC(C)n1cc(C#Cc2ccccc2F)ccc1=O. The van der Waals surface area contributed by atoms with E-state index in [9.17, 15) is 9.18 Å². The summed E-state index contributed by atoms with van der Waals surface area (Å²) in [5.74, 6) is 5.31. The first kappa shape index (κ1) is 13.1. The number of nitrogens with zero attached hydrogens (tertiary/aromatic N) is 1. The van der Waals surface area contributed by atoms with Crippen molar-refractivity contribution in [2.45, 2.75) is 19.9 Å². The Balaban J connectivity index is 2.38. The highest BCUT2D eigenvalue weighted by molar-refractivity contribution is 5.42. The van der Waals surface area contributed by atoms with Crippen molar-refractivity contribution < 1.29 is 4.39 Å². The van der Waals surface area contributed by atoms with Gasteiger partial charge in [0.1, 0.15) is 5.82 Å². The summed E-state index contributed by atoms with van der Waals surface area (Å²) in [7, 11) is 0. The van der Waals surface area contributed by atoms with Crippen molar-refractivity contribution in [1.29, 1.82) is 0 Å². The molecule has 96 valence electrons. The molecule has 2 rings (SSSR count). The second-order valence-corrected chi connectivity index (χ2v) is 4.49. The van der Waals surface area contributed by atoms with Gasteiger partial charge in [-0.2, -0.15) is 0 Å². The molecule has 2 aromatic rings. The molecule has 0 aliphatic carbocycles. The number of hydrogen-bond donors (Lipinski definition) is 0. The van der Waals surface area contributed by atoms with Crippen LogP contribution in [0.15, 0.2) is 47.4 Å². The van der Waals surface area contributed by atoms with Crippen LogP contribution in [0.1, 0.15) is 31.0 Å². The molecule has 1 heterocycles. The fourth-order valence-corrected chi connectivity index (χ4v) is 1.68. The Morgan fingerprint density at radius 3 is 2.53 bits per heavy atom. The van der Waals surface area contributed by atoms with Crippen LogP contribution in [0.3, 0.4) is 0 Å². The number of pyridine rings is 1. The fourth-order valence-electron chi connectivity index (χ4n) is 1.68. The maximum atomic E-state index is 13.4. The molecule has 2 nitrogen and oxygen atoms in total. The number of halogens is 1. The van der Waals surface area contributed by atoms with Crippen molar-refractivity contribution >= 4 is 0 Å². The molecule has 1 aromatic carbocycles. The third kappa shape index (κ3) is 3.11. The molecule has 0 spiro atoms. The zero-order valence-corrected chi connectivity index (χ0v) is 10.9. The lowest BCUT2D eigenvalue weighted by Crippen LogP contribution is -2.20. The molecule has 0 amide bonds. The fraction of sp³-hybridized carbons (Fsp3) is 0.188. The summed E-state index contributed by atoms with van der Waals surface area (Å²) in [5, 5.41) is 0. The van der Waals surface area contributed by atoms with E-state index < -0.39 is 0 Å². The predicted octanol–water partition coefficient (Wildman–Crippen LogP) is 2.97. The van der Waals surface area contributed by atoms with Gasteiger partial charge in [0.25, 0.3) is 5.56 Å². The molecule has 0 unspecified atom stereocenters. The van der Waals surface area contributed by atoms with Gasteiger partial charge in [-0.25, -0.2) is 4.39 Å². The first-order valence-electron chi connectivity index (χ1n) is 6.06. The van der Waals surface area contributed by atoms with E-state index in [4.69, 9.17) is 0 Å². The monoisotopic (exact) mass is 255 g/mol. The van der Waals surface area contributed by atoms with Gasteiger partial charge in [0.05, 0.1) is 5.56 Å².